The standard InChI is InChI=1S/C22H26ClN3O4/c1-30-18-8-2-15(3-9-18)19-10-12-26(21(28)11-13-27)14-20(19)25-22(29)24-17-6-4-16(23)5-7-17/h2-9,19-20,27H,10-14H2,1H3,(H2,24,25,29)/t19-,20+/m0/s1. The van der Waals surface area contributed by atoms with E-state index in [0.29, 0.717) is 30.2 Å². The summed E-state index contributed by atoms with van der Waals surface area (Å²) in [5.41, 5.74) is 1.70. The van der Waals surface area contributed by atoms with Crippen LogP contribution in [0, 0.1) is 0 Å². The van der Waals surface area contributed by atoms with Gasteiger partial charge in [0.25, 0.3) is 0 Å². The molecule has 0 spiro atoms. The van der Waals surface area contributed by atoms with Crippen LogP contribution in [-0.2, 0) is 4.79 Å². The zero-order valence-corrected chi connectivity index (χ0v) is 17.6. The average Bonchev–Trinajstić information content (AvgIpc) is 2.75. The van der Waals surface area contributed by atoms with Gasteiger partial charge in [-0.3, -0.25) is 4.79 Å². The van der Waals surface area contributed by atoms with Crippen LogP contribution in [-0.4, -0.2) is 54.8 Å². The Morgan fingerprint density at radius 1 is 1.17 bits per heavy atom. The summed E-state index contributed by atoms with van der Waals surface area (Å²) in [6.07, 6.45) is 0.784. The number of benzene rings is 2. The van der Waals surface area contributed by atoms with Crippen LogP contribution in [0.15, 0.2) is 48.5 Å². The molecular weight excluding hydrogens is 406 g/mol. The third kappa shape index (κ3) is 5.64. The number of urea groups is 1. The molecule has 2 atom stereocenters. The lowest BCUT2D eigenvalue weighted by atomic mass is 9.85. The number of piperidine rings is 1. The minimum atomic E-state index is -0.350. The second-order valence-electron chi connectivity index (χ2n) is 7.19. The number of amides is 3. The number of carbonyl (C=O) groups is 2. The molecule has 3 amide bonds. The fourth-order valence-electron chi connectivity index (χ4n) is 3.70. The van der Waals surface area contributed by atoms with Gasteiger partial charge in [0.1, 0.15) is 5.75 Å². The number of anilines is 1. The molecule has 3 rings (SSSR count). The topological polar surface area (TPSA) is 90.9 Å². The van der Waals surface area contributed by atoms with Crippen LogP contribution in [0.5, 0.6) is 5.75 Å². The van der Waals surface area contributed by atoms with E-state index in [1.807, 2.05) is 24.3 Å². The number of nitrogens with one attached hydrogen (secondary N) is 2. The SMILES string of the molecule is COc1ccc([C@@H]2CCN(C(=O)CCO)C[C@H]2NC(=O)Nc2ccc(Cl)cc2)cc1. The Kier molecular flexibility index (Phi) is 7.54. The number of nitrogens with zero attached hydrogens (tertiary/aromatic N) is 1. The molecular formula is C22H26ClN3O4. The average molecular weight is 432 g/mol. The van der Waals surface area contributed by atoms with E-state index in [1.54, 1.807) is 36.3 Å². The number of halogens is 1. The number of carbonyl (C=O) groups excluding carboxylic acids is 2. The quantitative estimate of drug-likeness (QED) is 0.654. The Balaban J connectivity index is 1.74. The predicted molar refractivity (Wildman–Crippen MR) is 116 cm³/mol. The highest BCUT2D eigenvalue weighted by molar-refractivity contribution is 6.30. The van der Waals surface area contributed by atoms with Crippen LogP contribution in [0.25, 0.3) is 0 Å². The molecule has 8 heteroatoms. The van der Waals surface area contributed by atoms with Gasteiger partial charge >= 0.3 is 6.03 Å². The van der Waals surface area contributed by atoms with Crippen LogP contribution in [0.3, 0.4) is 0 Å². The summed E-state index contributed by atoms with van der Waals surface area (Å²) in [5.74, 6) is 0.694. The molecule has 0 unspecified atom stereocenters. The molecule has 0 aromatic heterocycles. The summed E-state index contributed by atoms with van der Waals surface area (Å²) in [5, 5.41) is 15.5. The highest BCUT2D eigenvalue weighted by Gasteiger charge is 2.33. The highest BCUT2D eigenvalue weighted by Crippen LogP contribution is 2.30. The summed E-state index contributed by atoms with van der Waals surface area (Å²) in [7, 11) is 1.62. The van der Waals surface area contributed by atoms with E-state index < -0.39 is 0 Å². The van der Waals surface area contributed by atoms with Gasteiger partial charge in [-0.05, 0) is 48.4 Å². The predicted octanol–water partition coefficient (Wildman–Crippen LogP) is 3.24. The molecule has 3 N–H and O–H groups in total. The third-order valence-corrected chi connectivity index (χ3v) is 5.51. The van der Waals surface area contributed by atoms with Crippen molar-refractivity contribution in [2.24, 2.45) is 0 Å². The molecule has 1 aliphatic rings. The van der Waals surface area contributed by atoms with Gasteiger partial charge in [-0.1, -0.05) is 23.7 Å². The number of likely N-dealkylation sites (tertiary alicyclic amines) is 1. The second kappa shape index (κ2) is 10.3. The van der Waals surface area contributed by atoms with Gasteiger partial charge < -0.3 is 25.4 Å². The van der Waals surface area contributed by atoms with Crippen molar-refractivity contribution in [1.82, 2.24) is 10.2 Å². The van der Waals surface area contributed by atoms with Crippen molar-refractivity contribution in [3.63, 3.8) is 0 Å². The van der Waals surface area contributed by atoms with Crippen molar-refractivity contribution in [3.05, 3.63) is 59.1 Å². The fraction of sp³-hybridized carbons (Fsp3) is 0.364. The maximum absolute atomic E-state index is 12.6. The number of ether oxygens (including phenoxy) is 1. The molecule has 160 valence electrons. The van der Waals surface area contributed by atoms with E-state index >= 15 is 0 Å². The van der Waals surface area contributed by atoms with E-state index in [0.717, 1.165) is 11.3 Å². The monoisotopic (exact) mass is 431 g/mol. The largest absolute Gasteiger partial charge is 0.497 e. The molecule has 2 aromatic rings. The van der Waals surface area contributed by atoms with Gasteiger partial charge in [-0.15, -0.1) is 0 Å². The number of aliphatic hydroxyl groups is 1. The van der Waals surface area contributed by atoms with Crippen molar-refractivity contribution in [3.8, 4) is 5.75 Å². The number of methoxy groups -OCH3 is 1. The molecule has 0 bridgehead atoms. The van der Waals surface area contributed by atoms with Gasteiger partial charge in [-0.25, -0.2) is 4.79 Å². The smallest absolute Gasteiger partial charge is 0.319 e. The summed E-state index contributed by atoms with van der Waals surface area (Å²) in [6, 6.07) is 14.0. The first-order chi connectivity index (χ1) is 14.5. The number of rotatable bonds is 6. The zero-order chi connectivity index (χ0) is 21.5. The first-order valence-corrected chi connectivity index (χ1v) is 10.2. The van der Waals surface area contributed by atoms with Gasteiger partial charge in [0, 0.05) is 36.1 Å². The van der Waals surface area contributed by atoms with Crippen LogP contribution in [0.1, 0.15) is 24.3 Å². The van der Waals surface area contributed by atoms with E-state index in [1.165, 1.54) is 0 Å². The zero-order valence-electron chi connectivity index (χ0n) is 16.8. The van der Waals surface area contributed by atoms with Crippen molar-refractivity contribution in [2.75, 3.05) is 32.1 Å². The summed E-state index contributed by atoms with van der Waals surface area (Å²) >= 11 is 5.89. The van der Waals surface area contributed by atoms with Crippen LogP contribution < -0.4 is 15.4 Å². The lowest BCUT2D eigenvalue weighted by Crippen LogP contribution is -2.54. The van der Waals surface area contributed by atoms with E-state index in [9.17, 15) is 9.59 Å². The molecule has 0 aliphatic carbocycles. The third-order valence-electron chi connectivity index (χ3n) is 5.25. The Morgan fingerprint density at radius 3 is 2.50 bits per heavy atom. The summed E-state index contributed by atoms with van der Waals surface area (Å²) in [6.45, 7) is 0.766. The molecule has 2 aromatic carbocycles. The lowest BCUT2D eigenvalue weighted by molar-refractivity contribution is -0.133. The van der Waals surface area contributed by atoms with Crippen LogP contribution in [0.4, 0.5) is 10.5 Å². The molecule has 1 heterocycles. The van der Waals surface area contributed by atoms with Crippen molar-refractivity contribution in [1.29, 1.82) is 0 Å². The van der Waals surface area contributed by atoms with Crippen molar-refractivity contribution in [2.45, 2.75) is 24.8 Å². The van der Waals surface area contributed by atoms with E-state index in [2.05, 4.69) is 10.6 Å². The summed E-state index contributed by atoms with van der Waals surface area (Å²) < 4.78 is 5.23. The Morgan fingerprint density at radius 2 is 1.87 bits per heavy atom. The molecule has 0 radical (unpaired) electrons. The molecule has 1 saturated heterocycles. The van der Waals surface area contributed by atoms with Crippen molar-refractivity contribution >= 4 is 29.2 Å². The molecule has 1 aliphatic heterocycles. The molecule has 1 fully saturated rings. The first kappa shape index (κ1) is 21.9. The maximum Gasteiger partial charge on any atom is 0.319 e. The molecule has 7 nitrogen and oxygen atoms in total. The second-order valence-corrected chi connectivity index (χ2v) is 7.63. The fourth-order valence-corrected chi connectivity index (χ4v) is 3.82. The van der Waals surface area contributed by atoms with Crippen molar-refractivity contribution < 1.29 is 19.4 Å². The Labute approximate surface area is 181 Å². The first-order valence-electron chi connectivity index (χ1n) is 9.86. The summed E-state index contributed by atoms with van der Waals surface area (Å²) in [4.78, 5) is 26.6. The van der Waals surface area contributed by atoms with E-state index in [-0.39, 0.29) is 36.9 Å². The number of aliphatic hydroxyl groups excluding tert-OH is 1. The Bertz CT molecular complexity index is 858. The minimum absolute atomic E-state index is 0.0463. The molecule has 30 heavy (non-hydrogen) atoms. The number of hydrogen-bond acceptors (Lipinski definition) is 4. The minimum Gasteiger partial charge on any atom is -0.497 e. The van der Waals surface area contributed by atoms with Crippen LogP contribution in [0.2, 0.25) is 5.02 Å². The van der Waals surface area contributed by atoms with E-state index in [4.69, 9.17) is 21.4 Å². The van der Waals surface area contributed by atoms with Gasteiger partial charge in [-0.2, -0.15) is 0 Å². The Hall–Kier alpha value is -2.77. The lowest BCUT2D eigenvalue weighted by Gasteiger charge is -2.39. The maximum atomic E-state index is 12.6. The highest BCUT2D eigenvalue weighted by atomic mass is 35.5. The van der Waals surface area contributed by atoms with Gasteiger partial charge in [0.05, 0.1) is 19.8 Å². The number of hydrogen-bond donors (Lipinski definition) is 3. The normalized spacial score (nSPS) is 18.6. The van der Waals surface area contributed by atoms with Crippen LogP contribution >= 0.6 is 11.6 Å². The van der Waals surface area contributed by atoms with Gasteiger partial charge in [0.15, 0.2) is 0 Å². The van der Waals surface area contributed by atoms with Gasteiger partial charge in [0.2, 0.25) is 5.91 Å². The molecule has 0 saturated carbocycles.